The standard InChI is InChI=1S/C15H23N3OS/c1-10-5-4-8-15(16,9-10)13(19)18-14-17-11-6-2-3-7-12(11)20-14/h10H,2-9,16H2,1H3,(H,17,18,19). The second-order valence-corrected chi connectivity index (χ2v) is 7.49. The molecule has 1 amide bonds. The minimum absolute atomic E-state index is 0.0462. The van der Waals surface area contributed by atoms with E-state index in [1.165, 1.54) is 29.8 Å². The second kappa shape index (κ2) is 5.45. The summed E-state index contributed by atoms with van der Waals surface area (Å²) in [4.78, 5) is 18.4. The fraction of sp³-hybridized carbons (Fsp3) is 0.733. The molecular weight excluding hydrogens is 270 g/mol. The predicted molar refractivity (Wildman–Crippen MR) is 81.9 cm³/mol. The van der Waals surface area contributed by atoms with Crippen LogP contribution in [0.1, 0.15) is 56.0 Å². The van der Waals surface area contributed by atoms with Crippen LogP contribution in [-0.2, 0) is 17.6 Å². The Morgan fingerprint density at radius 2 is 2.20 bits per heavy atom. The van der Waals surface area contributed by atoms with Crippen molar-refractivity contribution in [3.05, 3.63) is 10.6 Å². The van der Waals surface area contributed by atoms with E-state index in [4.69, 9.17) is 5.73 Å². The van der Waals surface area contributed by atoms with E-state index >= 15 is 0 Å². The number of thiazole rings is 1. The van der Waals surface area contributed by atoms with Gasteiger partial charge >= 0.3 is 0 Å². The lowest BCUT2D eigenvalue weighted by Crippen LogP contribution is -2.53. The zero-order valence-electron chi connectivity index (χ0n) is 12.1. The highest BCUT2D eigenvalue weighted by molar-refractivity contribution is 7.15. The van der Waals surface area contributed by atoms with Crippen molar-refractivity contribution in [3.8, 4) is 0 Å². The number of carbonyl (C=O) groups excluding carboxylic acids is 1. The number of aromatic nitrogens is 1. The summed E-state index contributed by atoms with van der Waals surface area (Å²) in [6.45, 7) is 2.18. The van der Waals surface area contributed by atoms with Gasteiger partial charge in [-0.2, -0.15) is 0 Å². The van der Waals surface area contributed by atoms with Crippen LogP contribution in [0.2, 0.25) is 0 Å². The van der Waals surface area contributed by atoms with E-state index in [2.05, 4.69) is 17.2 Å². The first kappa shape index (κ1) is 14.0. The summed E-state index contributed by atoms with van der Waals surface area (Å²) in [5.74, 6) is 0.485. The van der Waals surface area contributed by atoms with Crippen molar-refractivity contribution in [1.82, 2.24) is 4.98 Å². The van der Waals surface area contributed by atoms with E-state index in [-0.39, 0.29) is 5.91 Å². The average Bonchev–Trinajstić information content (AvgIpc) is 2.80. The number of aryl methyl sites for hydroxylation is 2. The zero-order valence-corrected chi connectivity index (χ0v) is 12.9. The summed E-state index contributed by atoms with van der Waals surface area (Å²) < 4.78 is 0. The third-order valence-electron chi connectivity index (χ3n) is 4.55. The molecule has 0 bridgehead atoms. The van der Waals surface area contributed by atoms with Crippen molar-refractivity contribution >= 4 is 22.4 Å². The number of rotatable bonds is 2. The van der Waals surface area contributed by atoms with Gasteiger partial charge in [0.2, 0.25) is 5.91 Å². The number of nitrogens with two attached hydrogens (primary N) is 1. The Hall–Kier alpha value is -0.940. The number of fused-ring (bicyclic) bond motifs is 1. The van der Waals surface area contributed by atoms with Crippen molar-refractivity contribution in [1.29, 1.82) is 0 Å². The maximum atomic E-state index is 12.5. The third-order valence-corrected chi connectivity index (χ3v) is 5.62. The topological polar surface area (TPSA) is 68.0 Å². The van der Waals surface area contributed by atoms with Gasteiger partial charge in [0, 0.05) is 4.88 Å². The quantitative estimate of drug-likeness (QED) is 0.881. The van der Waals surface area contributed by atoms with Crippen molar-refractivity contribution < 1.29 is 4.79 Å². The highest BCUT2D eigenvalue weighted by Crippen LogP contribution is 2.33. The Labute approximate surface area is 124 Å². The van der Waals surface area contributed by atoms with Crippen molar-refractivity contribution in [2.75, 3.05) is 5.32 Å². The molecule has 2 aliphatic carbocycles. The molecule has 1 heterocycles. The number of hydrogen-bond donors (Lipinski definition) is 2. The molecule has 3 rings (SSSR count). The Balaban J connectivity index is 1.70. The smallest absolute Gasteiger partial charge is 0.246 e. The fourth-order valence-electron chi connectivity index (χ4n) is 3.43. The second-order valence-electron chi connectivity index (χ2n) is 6.41. The number of anilines is 1. The van der Waals surface area contributed by atoms with Gasteiger partial charge in [-0.05, 0) is 44.4 Å². The Bertz CT molecular complexity index is 490. The Morgan fingerprint density at radius 1 is 1.40 bits per heavy atom. The van der Waals surface area contributed by atoms with Crippen LogP contribution in [0.5, 0.6) is 0 Å². The highest BCUT2D eigenvalue weighted by Gasteiger charge is 2.38. The number of hydrogen-bond acceptors (Lipinski definition) is 4. The molecule has 0 aromatic carbocycles. The van der Waals surface area contributed by atoms with E-state index in [0.29, 0.717) is 5.92 Å². The molecule has 0 saturated heterocycles. The van der Waals surface area contributed by atoms with Gasteiger partial charge in [-0.15, -0.1) is 11.3 Å². The highest BCUT2D eigenvalue weighted by atomic mass is 32.1. The Kier molecular flexibility index (Phi) is 3.82. The molecule has 1 fully saturated rings. The number of amides is 1. The molecule has 4 nitrogen and oxygen atoms in total. The molecule has 0 radical (unpaired) electrons. The third kappa shape index (κ3) is 2.74. The van der Waals surface area contributed by atoms with Crippen LogP contribution >= 0.6 is 11.3 Å². The molecule has 3 N–H and O–H groups in total. The van der Waals surface area contributed by atoms with Crippen LogP contribution in [0, 0.1) is 5.92 Å². The minimum atomic E-state index is -0.705. The van der Waals surface area contributed by atoms with Gasteiger partial charge in [0.15, 0.2) is 5.13 Å². The largest absolute Gasteiger partial charge is 0.317 e. The molecule has 110 valence electrons. The number of nitrogens with one attached hydrogen (secondary N) is 1. The first-order valence-electron chi connectivity index (χ1n) is 7.66. The number of nitrogens with zero attached hydrogens (tertiary/aromatic N) is 1. The van der Waals surface area contributed by atoms with Gasteiger partial charge in [0.1, 0.15) is 0 Å². The van der Waals surface area contributed by atoms with E-state index in [1.54, 1.807) is 11.3 Å². The molecule has 2 unspecified atom stereocenters. The monoisotopic (exact) mass is 293 g/mol. The lowest BCUT2D eigenvalue weighted by atomic mass is 9.76. The molecule has 0 aliphatic heterocycles. The predicted octanol–water partition coefficient (Wildman–Crippen LogP) is 2.87. The maximum Gasteiger partial charge on any atom is 0.246 e. The van der Waals surface area contributed by atoms with Crippen molar-refractivity contribution in [2.24, 2.45) is 11.7 Å². The normalized spacial score (nSPS) is 29.8. The summed E-state index contributed by atoms with van der Waals surface area (Å²) in [6, 6.07) is 0. The molecular formula is C15H23N3OS. The lowest BCUT2D eigenvalue weighted by molar-refractivity contribution is -0.122. The van der Waals surface area contributed by atoms with E-state index < -0.39 is 5.54 Å². The van der Waals surface area contributed by atoms with Crippen molar-refractivity contribution in [3.63, 3.8) is 0 Å². The van der Waals surface area contributed by atoms with Crippen LogP contribution in [0.4, 0.5) is 5.13 Å². The van der Waals surface area contributed by atoms with Crippen molar-refractivity contribution in [2.45, 2.75) is 63.8 Å². The van der Waals surface area contributed by atoms with Crippen LogP contribution < -0.4 is 11.1 Å². The SMILES string of the molecule is CC1CCCC(N)(C(=O)Nc2nc3c(s2)CCCC3)C1. The van der Waals surface area contributed by atoms with Crippen LogP contribution in [-0.4, -0.2) is 16.4 Å². The maximum absolute atomic E-state index is 12.5. The molecule has 1 aromatic heterocycles. The summed E-state index contributed by atoms with van der Waals surface area (Å²) in [5, 5.41) is 3.71. The van der Waals surface area contributed by atoms with Gasteiger partial charge in [-0.1, -0.05) is 19.8 Å². The molecule has 2 atom stereocenters. The lowest BCUT2D eigenvalue weighted by Gasteiger charge is -2.34. The van der Waals surface area contributed by atoms with E-state index in [0.717, 1.165) is 37.2 Å². The van der Waals surface area contributed by atoms with Gasteiger partial charge in [0.05, 0.1) is 11.2 Å². The number of carbonyl (C=O) groups is 1. The fourth-order valence-corrected chi connectivity index (χ4v) is 4.47. The Morgan fingerprint density at radius 3 is 2.95 bits per heavy atom. The molecule has 1 saturated carbocycles. The van der Waals surface area contributed by atoms with Crippen LogP contribution in [0.15, 0.2) is 0 Å². The van der Waals surface area contributed by atoms with Gasteiger partial charge in [-0.25, -0.2) is 4.98 Å². The minimum Gasteiger partial charge on any atom is -0.317 e. The summed E-state index contributed by atoms with van der Waals surface area (Å²) in [6.07, 6.45) is 8.39. The first-order chi connectivity index (χ1) is 9.57. The molecule has 2 aliphatic rings. The summed E-state index contributed by atoms with van der Waals surface area (Å²) in [5.41, 5.74) is 6.80. The summed E-state index contributed by atoms with van der Waals surface area (Å²) >= 11 is 1.63. The molecule has 1 aromatic rings. The van der Waals surface area contributed by atoms with E-state index in [9.17, 15) is 4.79 Å². The van der Waals surface area contributed by atoms with Gasteiger partial charge in [0.25, 0.3) is 0 Å². The van der Waals surface area contributed by atoms with Gasteiger partial charge in [-0.3, -0.25) is 4.79 Å². The van der Waals surface area contributed by atoms with Crippen LogP contribution in [0.25, 0.3) is 0 Å². The molecule has 20 heavy (non-hydrogen) atoms. The molecule has 0 spiro atoms. The molecule has 5 heteroatoms. The van der Waals surface area contributed by atoms with Crippen LogP contribution in [0.3, 0.4) is 0 Å². The first-order valence-corrected chi connectivity index (χ1v) is 8.47. The average molecular weight is 293 g/mol. The summed E-state index contributed by atoms with van der Waals surface area (Å²) in [7, 11) is 0. The van der Waals surface area contributed by atoms with E-state index in [1.807, 2.05) is 0 Å². The zero-order chi connectivity index (χ0) is 14.2. The van der Waals surface area contributed by atoms with Gasteiger partial charge < -0.3 is 11.1 Å².